The van der Waals surface area contributed by atoms with Gasteiger partial charge in [-0.1, -0.05) is 6.07 Å². The molecule has 1 aromatic carbocycles. The molecule has 2 rings (SSSR count). The fourth-order valence-corrected chi connectivity index (χ4v) is 3.09. The zero-order valence-electron chi connectivity index (χ0n) is 11.0. The van der Waals surface area contributed by atoms with E-state index in [1.165, 1.54) is 12.0 Å². The predicted molar refractivity (Wildman–Crippen MR) is 77.7 cm³/mol. The number of rotatable bonds is 4. The lowest BCUT2D eigenvalue weighted by atomic mass is 10.0. The molecule has 1 aromatic rings. The van der Waals surface area contributed by atoms with Crippen molar-refractivity contribution in [1.82, 2.24) is 4.90 Å². The number of nitrogens with zero attached hydrogens (tertiary/aromatic N) is 1. The Morgan fingerprint density at radius 1 is 1.56 bits per heavy atom. The molecule has 0 spiro atoms. The van der Waals surface area contributed by atoms with Crippen LogP contribution < -0.4 is 10.5 Å². The van der Waals surface area contributed by atoms with Crippen molar-refractivity contribution in [3.63, 3.8) is 0 Å². The molecule has 0 amide bonds. The molecule has 3 nitrogen and oxygen atoms in total. The molecule has 1 saturated heterocycles. The summed E-state index contributed by atoms with van der Waals surface area (Å²) in [7, 11) is 1.69. The van der Waals surface area contributed by atoms with Crippen LogP contribution in [-0.2, 0) is 6.54 Å². The first-order valence-corrected chi connectivity index (χ1v) is 7.20. The monoisotopic (exact) mass is 312 g/mol. The molecule has 0 aliphatic carbocycles. The highest BCUT2D eigenvalue weighted by atomic mass is 79.9. The first kappa shape index (κ1) is 13.8. The Balaban J connectivity index is 1.96. The molecule has 2 N–H and O–H groups in total. The molecule has 1 aliphatic rings. The number of hydrogen-bond acceptors (Lipinski definition) is 3. The smallest absolute Gasteiger partial charge is 0.133 e. The minimum Gasteiger partial charge on any atom is -0.496 e. The van der Waals surface area contributed by atoms with Crippen molar-refractivity contribution >= 4 is 15.9 Å². The van der Waals surface area contributed by atoms with Gasteiger partial charge in [-0.25, -0.2) is 0 Å². The topological polar surface area (TPSA) is 38.5 Å². The number of likely N-dealkylation sites (tertiary alicyclic amines) is 1. The van der Waals surface area contributed by atoms with Gasteiger partial charge in [-0.3, -0.25) is 4.90 Å². The molecule has 0 saturated carbocycles. The first-order valence-electron chi connectivity index (χ1n) is 6.40. The normalized spacial score (nSPS) is 22.1. The van der Waals surface area contributed by atoms with E-state index in [2.05, 4.69) is 39.9 Å². The standard InChI is InChI=1S/C14H21BrN2O/c1-10(16)12-5-6-17(9-12)8-11-3-4-14(18-2)13(15)7-11/h3-4,7,10,12H,5-6,8-9,16H2,1-2H3/t10-,12-/m1/s1. The van der Waals surface area contributed by atoms with Gasteiger partial charge in [-0.2, -0.15) is 0 Å². The van der Waals surface area contributed by atoms with Gasteiger partial charge >= 0.3 is 0 Å². The molecule has 1 heterocycles. The van der Waals surface area contributed by atoms with E-state index >= 15 is 0 Å². The summed E-state index contributed by atoms with van der Waals surface area (Å²) in [6.07, 6.45) is 1.22. The number of hydrogen-bond donors (Lipinski definition) is 1. The molecule has 1 aliphatic heterocycles. The van der Waals surface area contributed by atoms with Crippen LogP contribution in [0.25, 0.3) is 0 Å². The fourth-order valence-electron chi connectivity index (χ4n) is 2.50. The minimum absolute atomic E-state index is 0.303. The molecule has 0 aromatic heterocycles. The quantitative estimate of drug-likeness (QED) is 0.929. The summed E-state index contributed by atoms with van der Waals surface area (Å²) in [5.74, 6) is 1.53. The summed E-state index contributed by atoms with van der Waals surface area (Å²) in [4.78, 5) is 2.47. The van der Waals surface area contributed by atoms with Crippen molar-refractivity contribution < 1.29 is 4.74 Å². The van der Waals surface area contributed by atoms with Crippen molar-refractivity contribution in [3.05, 3.63) is 28.2 Å². The Morgan fingerprint density at radius 3 is 2.89 bits per heavy atom. The van der Waals surface area contributed by atoms with Gasteiger partial charge in [-0.05, 0) is 59.4 Å². The Morgan fingerprint density at radius 2 is 2.33 bits per heavy atom. The maximum absolute atomic E-state index is 5.96. The summed E-state index contributed by atoms with van der Waals surface area (Å²) < 4.78 is 6.26. The van der Waals surface area contributed by atoms with Crippen LogP contribution in [0.5, 0.6) is 5.75 Å². The highest BCUT2D eigenvalue weighted by Gasteiger charge is 2.25. The van der Waals surface area contributed by atoms with Gasteiger partial charge in [-0.15, -0.1) is 0 Å². The second-order valence-corrected chi connectivity index (χ2v) is 5.97. The van der Waals surface area contributed by atoms with Gasteiger partial charge < -0.3 is 10.5 Å². The number of methoxy groups -OCH3 is 1. The molecule has 4 heteroatoms. The SMILES string of the molecule is COc1ccc(CN2CC[C@@H]([C@@H](C)N)C2)cc1Br. The zero-order valence-corrected chi connectivity index (χ0v) is 12.6. The van der Waals surface area contributed by atoms with Crippen molar-refractivity contribution in [2.75, 3.05) is 20.2 Å². The summed E-state index contributed by atoms with van der Waals surface area (Å²) in [5, 5.41) is 0. The van der Waals surface area contributed by atoms with E-state index in [1.54, 1.807) is 7.11 Å². The second kappa shape index (κ2) is 6.04. The van der Waals surface area contributed by atoms with Gasteiger partial charge in [0, 0.05) is 19.1 Å². The van der Waals surface area contributed by atoms with E-state index in [0.717, 1.165) is 29.9 Å². The second-order valence-electron chi connectivity index (χ2n) is 5.11. The number of nitrogens with two attached hydrogens (primary N) is 1. The molecule has 2 atom stereocenters. The Kier molecular flexibility index (Phi) is 4.65. The van der Waals surface area contributed by atoms with Crippen LogP contribution in [-0.4, -0.2) is 31.1 Å². The van der Waals surface area contributed by atoms with Crippen LogP contribution in [0, 0.1) is 5.92 Å². The van der Waals surface area contributed by atoms with E-state index in [1.807, 2.05) is 6.07 Å². The van der Waals surface area contributed by atoms with Crippen molar-refractivity contribution in [1.29, 1.82) is 0 Å². The third-order valence-electron chi connectivity index (χ3n) is 3.67. The average molecular weight is 313 g/mol. The van der Waals surface area contributed by atoms with Crippen LogP contribution in [0.4, 0.5) is 0 Å². The maximum atomic E-state index is 5.96. The maximum Gasteiger partial charge on any atom is 0.133 e. The fraction of sp³-hybridized carbons (Fsp3) is 0.571. The zero-order chi connectivity index (χ0) is 13.1. The summed E-state index contributed by atoms with van der Waals surface area (Å²) >= 11 is 3.53. The lowest BCUT2D eigenvalue weighted by Gasteiger charge is -2.18. The largest absolute Gasteiger partial charge is 0.496 e. The van der Waals surface area contributed by atoms with E-state index in [0.29, 0.717) is 12.0 Å². The van der Waals surface area contributed by atoms with Gasteiger partial charge in [0.2, 0.25) is 0 Å². The molecule has 0 unspecified atom stereocenters. The van der Waals surface area contributed by atoms with Crippen LogP contribution in [0.2, 0.25) is 0 Å². The Labute approximate surface area is 117 Å². The molecular formula is C14H21BrN2O. The predicted octanol–water partition coefficient (Wildman–Crippen LogP) is 2.63. The summed E-state index contributed by atoms with van der Waals surface area (Å²) in [5.41, 5.74) is 7.28. The average Bonchev–Trinajstić information content (AvgIpc) is 2.78. The Bertz CT molecular complexity index is 409. The highest BCUT2D eigenvalue weighted by molar-refractivity contribution is 9.10. The number of halogens is 1. The lowest BCUT2D eigenvalue weighted by molar-refractivity contribution is 0.308. The molecular weight excluding hydrogens is 292 g/mol. The molecule has 0 radical (unpaired) electrons. The third kappa shape index (κ3) is 3.25. The molecule has 18 heavy (non-hydrogen) atoms. The summed E-state index contributed by atoms with van der Waals surface area (Å²) in [6.45, 7) is 5.36. The molecule has 100 valence electrons. The number of benzene rings is 1. The molecule has 1 fully saturated rings. The number of ether oxygens (including phenoxy) is 1. The minimum atomic E-state index is 0.303. The van der Waals surface area contributed by atoms with Crippen molar-refractivity contribution in [2.24, 2.45) is 11.7 Å². The molecule has 0 bridgehead atoms. The Hall–Kier alpha value is -0.580. The summed E-state index contributed by atoms with van der Waals surface area (Å²) in [6, 6.07) is 6.58. The van der Waals surface area contributed by atoms with Gasteiger partial charge in [0.15, 0.2) is 0 Å². The van der Waals surface area contributed by atoms with Crippen LogP contribution in [0.15, 0.2) is 22.7 Å². The van der Waals surface area contributed by atoms with E-state index in [4.69, 9.17) is 10.5 Å². The first-order chi connectivity index (χ1) is 8.60. The van der Waals surface area contributed by atoms with Gasteiger partial charge in [0.1, 0.15) is 5.75 Å². The van der Waals surface area contributed by atoms with Crippen LogP contribution in [0.3, 0.4) is 0 Å². The van der Waals surface area contributed by atoms with Crippen LogP contribution in [0.1, 0.15) is 18.9 Å². The van der Waals surface area contributed by atoms with Gasteiger partial charge in [0.25, 0.3) is 0 Å². The van der Waals surface area contributed by atoms with Crippen molar-refractivity contribution in [2.45, 2.75) is 25.9 Å². The van der Waals surface area contributed by atoms with E-state index in [9.17, 15) is 0 Å². The van der Waals surface area contributed by atoms with Crippen molar-refractivity contribution in [3.8, 4) is 5.75 Å². The lowest BCUT2D eigenvalue weighted by Crippen LogP contribution is -2.29. The van der Waals surface area contributed by atoms with Gasteiger partial charge in [0.05, 0.1) is 11.6 Å². The third-order valence-corrected chi connectivity index (χ3v) is 4.29. The highest BCUT2D eigenvalue weighted by Crippen LogP contribution is 2.27. The van der Waals surface area contributed by atoms with Crippen LogP contribution >= 0.6 is 15.9 Å². The van der Waals surface area contributed by atoms with E-state index in [-0.39, 0.29) is 0 Å². The van der Waals surface area contributed by atoms with E-state index < -0.39 is 0 Å².